The lowest BCUT2D eigenvalue weighted by atomic mass is 10.2. The molecule has 0 aliphatic heterocycles. The second-order valence-electron chi connectivity index (χ2n) is 6.13. The molecular weight excluding hydrogens is 382 g/mol. The van der Waals surface area contributed by atoms with E-state index < -0.39 is 0 Å². The summed E-state index contributed by atoms with van der Waals surface area (Å²) in [5, 5.41) is 2.84. The number of anilines is 1. The number of carbonyl (C=O) groups excluding carboxylic acids is 2. The van der Waals surface area contributed by atoms with Crippen molar-refractivity contribution >= 4 is 33.4 Å². The van der Waals surface area contributed by atoms with Crippen LogP contribution in [-0.2, 0) is 11.3 Å². The van der Waals surface area contributed by atoms with Gasteiger partial charge in [-0.3, -0.25) is 14.5 Å². The molecule has 132 valence electrons. The second-order valence-corrected chi connectivity index (χ2v) is 7.04. The second kappa shape index (κ2) is 8.78. The number of carbonyl (C=O) groups is 2. The van der Waals surface area contributed by atoms with Crippen LogP contribution in [0.4, 0.5) is 5.69 Å². The summed E-state index contributed by atoms with van der Waals surface area (Å²) in [6.45, 7) is 0.946. The summed E-state index contributed by atoms with van der Waals surface area (Å²) >= 11 is 3.41. The zero-order chi connectivity index (χ0) is 18.4. The van der Waals surface area contributed by atoms with E-state index in [2.05, 4.69) is 21.2 Å². The lowest BCUT2D eigenvalue weighted by Gasteiger charge is -2.17. The van der Waals surface area contributed by atoms with E-state index in [1.807, 2.05) is 36.2 Å². The molecule has 0 spiro atoms. The van der Waals surface area contributed by atoms with Gasteiger partial charge in [-0.1, -0.05) is 34.1 Å². The van der Waals surface area contributed by atoms with Gasteiger partial charge >= 0.3 is 0 Å². The van der Waals surface area contributed by atoms with Crippen LogP contribution in [0.3, 0.4) is 0 Å². The van der Waals surface area contributed by atoms with Crippen molar-refractivity contribution in [2.24, 2.45) is 0 Å². The van der Waals surface area contributed by atoms with Gasteiger partial charge in [0.2, 0.25) is 5.91 Å². The molecule has 1 N–H and O–H groups in total. The van der Waals surface area contributed by atoms with E-state index >= 15 is 0 Å². The lowest BCUT2D eigenvalue weighted by Crippen LogP contribution is -2.30. The summed E-state index contributed by atoms with van der Waals surface area (Å²) in [5.41, 5.74) is 2.30. The summed E-state index contributed by atoms with van der Waals surface area (Å²) in [4.78, 5) is 27.7. The molecule has 2 rings (SSSR count). The zero-order valence-electron chi connectivity index (χ0n) is 14.6. The number of amides is 2. The summed E-state index contributed by atoms with van der Waals surface area (Å²) in [7, 11) is 5.29. The first-order valence-corrected chi connectivity index (χ1v) is 8.69. The van der Waals surface area contributed by atoms with Crippen LogP contribution in [0.15, 0.2) is 53.0 Å². The van der Waals surface area contributed by atoms with Crippen LogP contribution >= 0.6 is 15.9 Å². The smallest absolute Gasteiger partial charge is 0.253 e. The standard InChI is InChI=1S/C19H22BrN3O2/c1-22(2)19(25)15-5-4-6-17(11-15)21-18(24)13-23(3)12-14-7-9-16(20)10-8-14/h4-11H,12-13H2,1-3H3,(H,21,24). The SMILES string of the molecule is CN(CC(=O)Nc1cccc(C(=O)N(C)C)c1)Cc1ccc(Br)cc1. The molecule has 0 aliphatic rings. The maximum atomic E-state index is 12.2. The van der Waals surface area contributed by atoms with Crippen LogP contribution in [-0.4, -0.2) is 49.3 Å². The number of hydrogen-bond acceptors (Lipinski definition) is 3. The molecule has 0 aromatic heterocycles. The molecule has 0 heterocycles. The summed E-state index contributed by atoms with van der Waals surface area (Å²) in [5.74, 6) is -0.211. The molecule has 0 fully saturated rings. The Morgan fingerprint density at radius 2 is 1.72 bits per heavy atom. The Morgan fingerprint density at radius 3 is 2.36 bits per heavy atom. The fraction of sp³-hybridized carbons (Fsp3) is 0.263. The Balaban J connectivity index is 1.92. The van der Waals surface area contributed by atoms with Crippen molar-refractivity contribution < 1.29 is 9.59 Å². The molecule has 6 heteroatoms. The number of halogens is 1. The van der Waals surface area contributed by atoms with Gasteiger partial charge in [-0.2, -0.15) is 0 Å². The predicted molar refractivity (Wildman–Crippen MR) is 104 cm³/mol. The van der Waals surface area contributed by atoms with Crippen LogP contribution in [0.1, 0.15) is 15.9 Å². The van der Waals surface area contributed by atoms with E-state index in [0.29, 0.717) is 17.8 Å². The summed E-state index contributed by atoms with van der Waals surface area (Å²) in [6.07, 6.45) is 0. The first-order chi connectivity index (χ1) is 11.8. The number of nitrogens with one attached hydrogen (secondary N) is 1. The molecule has 2 amide bonds. The third-order valence-corrected chi connectivity index (χ3v) is 4.11. The minimum atomic E-state index is -0.117. The number of likely N-dealkylation sites (N-methyl/N-ethyl adjacent to an activating group) is 1. The highest BCUT2D eigenvalue weighted by molar-refractivity contribution is 9.10. The topological polar surface area (TPSA) is 52.7 Å². The Labute approximate surface area is 156 Å². The van der Waals surface area contributed by atoms with E-state index in [0.717, 1.165) is 10.0 Å². The third-order valence-electron chi connectivity index (χ3n) is 3.58. The third kappa shape index (κ3) is 5.99. The first kappa shape index (κ1) is 19.1. The molecule has 0 radical (unpaired) electrons. The number of hydrogen-bond donors (Lipinski definition) is 1. The first-order valence-electron chi connectivity index (χ1n) is 7.89. The maximum Gasteiger partial charge on any atom is 0.253 e. The van der Waals surface area contributed by atoms with Gasteiger partial charge in [0.25, 0.3) is 5.91 Å². The largest absolute Gasteiger partial charge is 0.345 e. The van der Waals surface area contributed by atoms with Crippen molar-refractivity contribution in [2.75, 3.05) is 33.0 Å². The molecule has 2 aromatic rings. The highest BCUT2D eigenvalue weighted by atomic mass is 79.9. The van der Waals surface area contributed by atoms with Crippen molar-refractivity contribution in [3.8, 4) is 0 Å². The van der Waals surface area contributed by atoms with E-state index in [9.17, 15) is 9.59 Å². The van der Waals surface area contributed by atoms with Gasteiger partial charge in [-0.15, -0.1) is 0 Å². The van der Waals surface area contributed by atoms with Crippen LogP contribution in [0.5, 0.6) is 0 Å². The fourth-order valence-corrected chi connectivity index (χ4v) is 2.66. The molecule has 5 nitrogen and oxygen atoms in total. The minimum Gasteiger partial charge on any atom is -0.345 e. The number of nitrogens with zero attached hydrogens (tertiary/aromatic N) is 2. The Morgan fingerprint density at radius 1 is 1.04 bits per heavy atom. The highest BCUT2D eigenvalue weighted by Gasteiger charge is 2.11. The van der Waals surface area contributed by atoms with Crippen LogP contribution in [0.25, 0.3) is 0 Å². The van der Waals surface area contributed by atoms with Gasteiger partial charge < -0.3 is 10.2 Å². The average Bonchev–Trinajstić information content (AvgIpc) is 2.56. The maximum absolute atomic E-state index is 12.2. The molecule has 0 atom stereocenters. The van der Waals surface area contributed by atoms with Crippen molar-refractivity contribution in [3.63, 3.8) is 0 Å². The number of rotatable bonds is 6. The Kier molecular flexibility index (Phi) is 6.73. The van der Waals surface area contributed by atoms with Crippen molar-refractivity contribution in [1.29, 1.82) is 0 Å². The van der Waals surface area contributed by atoms with Crippen LogP contribution < -0.4 is 5.32 Å². The Hall–Kier alpha value is -2.18. The van der Waals surface area contributed by atoms with E-state index in [-0.39, 0.29) is 18.4 Å². The fourth-order valence-electron chi connectivity index (χ4n) is 2.39. The van der Waals surface area contributed by atoms with E-state index in [4.69, 9.17) is 0 Å². The van der Waals surface area contributed by atoms with Gasteiger partial charge in [-0.25, -0.2) is 0 Å². The molecule has 0 aliphatic carbocycles. The molecule has 0 saturated carbocycles. The minimum absolute atomic E-state index is 0.0940. The molecule has 0 unspecified atom stereocenters. The summed E-state index contributed by atoms with van der Waals surface area (Å²) in [6, 6.07) is 15.0. The quantitative estimate of drug-likeness (QED) is 0.805. The van der Waals surface area contributed by atoms with Gasteiger partial charge in [0.1, 0.15) is 0 Å². The average molecular weight is 404 g/mol. The van der Waals surface area contributed by atoms with E-state index in [1.165, 1.54) is 4.90 Å². The highest BCUT2D eigenvalue weighted by Crippen LogP contribution is 2.13. The van der Waals surface area contributed by atoms with Gasteiger partial charge in [-0.05, 0) is 42.9 Å². The Bertz CT molecular complexity index is 745. The van der Waals surface area contributed by atoms with Crippen molar-refractivity contribution in [1.82, 2.24) is 9.80 Å². The number of benzene rings is 2. The van der Waals surface area contributed by atoms with Gasteiger partial charge in [0.05, 0.1) is 6.54 Å². The van der Waals surface area contributed by atoms with Gasteiger partial charge in [0.15, 0.2) is 0 Å². The van der Waals surface area contributed by atoms with Gasteiger partial charge in [0, 0.05) is 36.4 Å². The van der Waals surface area contributed by atoms with Crippen LogP contribution in [0, 0.1) is 0 Å². The van der Waals surface area contributed by atoms with Crippen molar-refractivity contribution in [3.05, 3.63) is 64.1 Å². The normalized spacial score (nSPS) is 10.6. The van der Waals surface area contributed by atoms with Crippen molar-refractivity contribution in [2.45, 2.75) is 6.54 Å². The van der Waals surface area contributed by atoms with E-state index in [1.54, 1.807) is 38.4 Å². The molecule has 2 aromatic carbocycles. The molecule has 25 heavy (non-hydrogen) atoms. The predicted octanol–water partition coefficient (Wildman–Crippen LogP) is 3.22. The summed E-state index contributed by atoms with van der Waals surface area (Å²) < 4.78 is 1.03. The molecule has 0 saturated heterocycles. The van der Waals surface area contributed by atoms with Crippen LogP contribution in [0.2, 0.25) is 0 Å². The zero-order valence-corrected chi connectivity index (χ0v) is 16.2. The molecular formula is C19H22BrN3O2. The monoisotopic (exact) mass is 403 g/mol. The molecule has 0 bridgehead atoms. The lowest BCUT2D eigenvalue weighted by molar-refractivity contribution is -0.117.